The zero-order valence-corrected chi connectivity index (χ0v) is 21.8. The van der Waals surface area contributed by atoms with Gasteiger partial charge in [0.1, 0.15) is 6.17 Å². The third-order valence-electron chi connectivity index (χ3n) is 12.0. The van der Waals surface area contributed by atoms with Gasteiger partial charge in [-0.1, -0.05) is 13.8 Å². The SMILES string of the molecule is C[C@]12CC[C@H](NC3CCNC[C@H]3F)C[C@@]1(O)CC[C@@H]1[C@@H]2CC[C@]2(C)[C@@H](c3ccc(=O)oc3)CC[C@]12O. The third-order valence-corrected chi connectivity index (χ3v) is 12.0. The fraction of sp³-hybridized carbons (Fsp3) is 0.828. The van der Waals surface area contributed by atoms with Gasteiger partial charge in [-0.3, -0.25) is 0 Å². The van der Waals surface area contributed by atoms with Gasteiger partial charge in [0.2, 0.25) is 0 Å². The van der Waals surface area contributed by atoms with Gasteiger partial charge in [0, 0.05) is 30.1 Å². The van der Waals surface area contributed by atoms with E-state index in [1.807, 2.05) is 6.07 Å². The van der Waals surface area contributed by atoms with Crippen LogP contribution in [0.25, 0.3) is 0 Å². The van der Waals surface area contributed by atoms with E-state index < -0.39 is 17.4 Å². The summed E-state index contributed by atoms with van der Waals surface area (Å²) in [5.41, 5.74) is -1.41. The van der Waals surface area contributed by atoms with Gasteiger partial charge in [0.15, 0.2) is 0 Å². The summed E-state index contributed by atoms with van der Waals surface area (Å²) in [5, 5.41) is 31.2. The van der Waals surface area contributed by atoms with Crippen molar-refractivity contribution < 1.29 is 19.0 Å². The number of alkyl halides is 1. The highest BCUT2D eigenvalue weighted by Crippen LogP contribution is 2.71. The molecule has 6 rings (SSSR count). The van der Waals surface area contributed by atoms with Crippen LogP contribution in [0.15, 0.2) is 27.6 Å². The predicted octanol–water partition coefficient (Wildman–Crippen LogP) is 3.65. The molecule has 4 N–H and O–H groups in total. The second-order valence-corrected chi connectivity index (χ2v) is 13.3. The molecule has 5 aliphatic rings. The minimum Gasteiger partial charge on any atom is -0.431 e. The summed E-state index contributed by atoms with van der Waals surface area (Å²) < 4.78 is 19.7. The highest BCUT2D eigenvalue weighted by atomic mass is 19.1. The van der Waals surface area contributed by atoms with Gasteiger partial charge in [-0.05, 0) is 106 Å². The first kappa shape index (κ1) is 25.0. The van der Waals surface area contributed by atoms with Gasteiger partial charge in [0.25, 0.3) is 0 Å². The fourth-order valence-electron chi connectivity index (χ4n) is 9.78. The zero-order valence-electron chi connectivity index (χ0n) is 21.8. The Kier molecular flexibility index (Phi) is 5.99. The topological polar surface area (TPSA) is 94.7 Å². The fourth-order valence-corrected chi connectivity index (χ4v) is 9.78. The molecule has 1 aromatic rings. The molecule has 1 aromatic heterocycles. The lowest BCUT2D eigenvalue weighted by atomic mass is 9.42. The van der Waals surface area contributed by atoms with E-state index in [9.17, 15) is 19.4 Å². The molecule has 1 aliphatic heterocycles. The van der Waals surface area contributed by atoms with Gasteiger partial charge in [0.05, 0.1) is 17.5 Å². The summed E-state index contributed by atoms with van der Waals surface area (Å²) in [5.74, 6) is 0.599. The molecule has 0 bridgehead atoms. The summed E-state index contributed by atoms with van der Waals surface area (Å²) in [6.45, 7) is 5.75. The van der Waals surface area contributed by atoms with Crippen LogP contribution < -0.4 is 16.3 Å². The average Bonchev–Trinajstić information content (AvgIpc) is 3.13. The van der Waals surface area contributed by atoms with Crippen molar-refractivity contribution in [3.05, 3.63) is 34.4 Å². The minimum absolute atomic E-state index is 0.130. The van der Waals surface area contributed by atoms with Crippen LogP contribution in [0, 0.1) is 22.7 Å². The average molecular weight is 503 g/mol. The van der Waals surface area contributed by atoms with Crippen molar-refractivity contribution in [3.63, 3.8) is 0 Å². The lowest BCUT2D eigenvalue weighted by Gasteiger charge is -2.66. The molecular formula is C29H43FN2O4. The molecule has 4 aliphatic carbocycles. The van der Waals surface area contributed by atoms with Crippen LogP contribution in [0.2, 0.25) is 0 Å². The number of rotatable bonds is 3. The summed E-state index contributed by atoms with van der Waals surface area (Å²) in [7, 11) is 0. The zero-order chi connectivity index (χ0) is 25.3. The predicted molar refractivity (Wildman–Crippen MR) is 135 cm³/mol. The molecule has 0 radical (unpaired) electrons. The number of hydrogen-bond donors (Lipinski definition) is 4. The summed E-state index contributed by atoms with van der Waals surface area (Å²) >= 11 is 0. The molecule has 6 nitrogen and oxygen atoms in total. The molecule has 10 atom stereocenters. The Morgan fingerprint density at radius 2 is 1.78 bits per heavy atom. The molecule has 0 spiro atoms. The Labute approximate surface area is 213 Å². The van der Waals surface area contributed by atoms with E-state index >= 15 is 0 Å². The van der Waals surface area contributed by atoms with E-state index in [-0.39, 0.29) is 46.3 Å². The summed E-state index contributed by atoms with van der Waals surface area (Å²) in [6.07, 6.45) is 9.08. The summed E-state index contributed by atoms with van der Waals surface area (Å²) in [6, 6.07) is 3.38. The first-order chi connectivity index (χ1) is 17.1. The normalized spacial score (nSPS) is 50.7. The molecule has 7 heteroatoms. The van der Waals surface area contributed by atoms with Crippen molar-refractivity contribution in [2.75, 3.05) is 13.1 Å². The highest BCUT2D eigenvalue weighted by molar-refractivity contribution is 5.28. The van der Waals surface area contributed by atoms with Gasteiger partial charge < -0.3 is 25.3 Å². The Morgan fingerprint density at radius 1 is 1.00 bits per heavy atom. The van der Waals surface area contributed by atoms with Crippen LogP contribution in [-0.2, 0) is 0 Å². The van der Waals surface area contributed by atoms with Crippen molar-refractivity contribution >= 4 is 0 Å². The molecule has 200 valence electrons. The highest BCUT2D eigenvalue weighted by Gasteiger charge is 2.69. The molecule has 0 amide bonds. The third kappa shape index (κ3) is 3.52. The van der Waals surface area contributed by atoms with Crippen molar-refractivity contribution in [1.29, 1.82) is 0 Å². The van der Waals surface area contributed by atoms with Crippen molar-refractivity contribution in [1.82, 2.24) is 10.6 Å². The van der Waals surface area contributed by atoms with Crippen molar-refractivity contribution in [2.24, 2.45) is 22.7 Å². The number of aliphatic hydroxyl groups is 2. The second kappa shape index (κ2) is 8.62. The number of fused-ring (bicyclic) bond motifs is 5. The van der Waals surface area contributed by atoms with Gasteiger partial charge in [-0.2, -0.15) is 0 Å². The van der Waals surface area contributed by atoms with Crippen LogP contribution in [0.3, 0.4) is 0 Å². The Morgan fingerprint density at radius 3 is 2.53 bits per heavy atom. The molecule has 5 fully saturated rings. The Hall–Kier alpha value is -1.28. The molecule has 1 saturated heterocycles. The van der Waals surface area contributed by atoms with E-state index in [4.69, 9.17) is 4.42 Å². The number of piperidine rings is 1. The van der Waals surface area contributed by atoms with Crippen LogP contribution >= 0.6 is 0 Å². The quantitative estimate of drug-likeness (QED) is 0.504. The maximum Gasteiger partial charge on any atom is 0.335 e. The minimum atomic E-state index is -0.879. The lowest BCUT2D eigenvalue weighted by molar-refractivity contribution is -0.247. The maximum atomic E-state index is 14.5. The van der Waals surface area contributed by atoms with Gasteiger partial charge >= 0.3 is 5.63 Å². The monoisotopic (exact) mass is 502 g/mol. The Balaban J connectivity index is 1.22. The van der Waals surface area contributed by atoms with Crippen molar-refractivity contribution in [2.45, 2.75) is 113 Å². The Bertz CT molecular complexity index is 1030. The van der Waals surface area contributed by atoms with E-state index in [0.29, 0.717) is 19.4 Å². The number of nitrogens with one attached hydrogen (secondary N) is 2. The van der Waals surface area contributed by atoms with Crippen LogP contribution in [0.1, 0.15) is 89.5 Å². The molecule has 4 saturated carbocycles. The van der Waals surface area contributed by atoms with E-state index in [1.165, 1.54) is 6.07 Å². The van der Waals surface area contributed by atoms with E-state index in [2.05, 4.69) is 24.5 Å². The molecule has 36 heavy (non-hydrogen) atoms. The molecule has 1 unspecified atom stereocenters. The standard InChI is InChI=1S/C29H43FN2O4/c1-26-10-5-19(32-24-9-14-31-16-23(24)30)15-28(26,34)12-7-22-21(26)6-11-27(2)20(8-13-29(22,27)35)18-3-4-25(33)36-17-18/h3-4,17,19-24,31-32,34-35H,5-16H2,1-2H3/t19-,20+,21-,22+,23+,24?,26+,27+,28-,29-/m0/s1. The number of halogens is 1. The smallest absolute Gasteiger partial charge is 0.335 e. The summed E-state index contributed by atoms with van der Waals surface area (Å²) in [4.78, 5) is 11.5. The van der Waals surface area contributed by atoms with E-state index in [0.717, 1.165) is 63.5 Å². The van der Waals surface area contributed by atoms with E-state index in [1.54, 1.807) is 6.26 Å². The van der Waals surface area contributed by atoms with Crippen LogP contribution in [0.5, 0.6) is 0 Å². The van der Waals surface area contributed by atoms with Crippen LogP contribution in [-0.4, -0.2) is 52.8 Å². The van der Waals surface area contributed by atoms with Crippen LogP contribution in [0.4, 0.5) is 4.39 Å². The maximum absolute atomic E-state index is 14.5. The first-order valence-electron chi connectivity index (χ1n) is 14.2. The first-order valence-corrected chi connectivity index (χ1v) is 14.2. The molecular weight excluding hydrogens is 459 g/mol. The van der Waals surface area contributed by atoms with Crippen molar-refractivity contribution in [3.8, 4) is 0 Å². The van der Waals surface area contributed by atoms with Gasteiger partial charge in [-0.15, -0.1) is 0 Å². The van der Waals surface area contributed by atoms with Gasteiger partial charge in [-0.25, -0.2) is 9.18 Å². The number of hydrogen-bond acceptors (Lipinski definition) is 6. The lowest BCUT2D eigenvalue weighted by Crippen LogP contribution is -2.68. The largest absolute Gasteiger partial charge is 0.431 e. The molecule has 0 aromatic carbocycles. The second-order valence-electron chi connectivity index (χ2n) is 13.3. The molecule has 2 heterocycles.